The van der Waals surface area contributed by atoms with E-state index in [-0.39, 0.29) is 24.4 Å². The molecule has 1 N–H and O–H groups in total. The third-order valence-corrected chi connectivity index (χ3v) is 3.17. The molecular formula is C9H14ClN3OS. The number of nitrogens with zero attached hydrogens (tertiary/aromatic N) is 2. The quantitative estimate of drug-likeness (QED) is 0.794. The molecule has 1 amide bonds. The molecule has 4 nitrogen and oxygen atoms in total. The third-order valence-electron chi connectivity index (χ3n) is 2.32. The van der Waals surface area contributed by atoms with Gasteiger partial charge in [-0.15, -0.1) is 23.7 Å². The second-order valence-electron chi connectivity index (χ2n) is 3.40. The topological polar surface area (TPSA) is 46.4 Å². The van der Waals surface area contributed by atoms with Gasteiger partial charge in [0.25, 0.3) is 5.91 Å². The van der Waals surface area contributed by atoms with E-state index in [9.17, 15) is 4.79 Å². The highest BCUT2D eigenvalue weighted by molar-refractivity contribution is 7.07. The highest BCUT2D eigenvalue weighted by Crippen LogP contribution is 2.05. The lowest BCUT2D eigenvalue weighted by Gasteiger charge is -2.02. The molecule has 0 saturated carbocycles. The summed E-state index contributed by atoms with van der Waals surface area (Å²) in [5.41, 5.74) is 0. The minimum Gasteiger partial charge on any atom is -0.327 e. The summed E-state index contributed by atoms with van der Waals surface area (Å²) in [6.45, 7) is 0.933. The van der Waals surface area contributed by atoms with Crippen LogP contribution in [0, 0.1) is 0 Å². The fraction of sp³-hybridized carbons (Fsp3) is 0.556. The van der Waals surface area contributed by atoms with E-state index in [1.54, 1.807) is 0 Å². The van der Waals surface area contributed by atoms with E-state index in [4.69, 9.17) is 0 Å². The number of amides is 1. The van der Waals surface area contributed by atoms with Crippen molar-refractivity contribution < 1.29 is 4.79 Å². The number of aromatic nitrogens is 1. The first-order chi connectivity index (χ1) is 6.77. The van der Waals surface area contributed by atoms with Crippen LogP contribution in [0.5, 0.6) is 0 Å². The molecule has 2 rings (SSSR count). The van der Waals surface area contributed by atoms with Gasteiger partial charge in [0.15, 0.2) is 4.80 Å². The standard InChI is InChI=1S/C9H13N3OS.ClH/c1-12-5-6-14-9(12)11-8(13)7-3-2-4-10-7;/h5-7,10H,2-4H2,1H3;1H. The van der Waals surface area contributed by atoms with Crippen molar-refractivity contribution in [3.8, 4) is 0 Å². The van der Waals surface area contributed by atoms with Crippen LogP contribution in [0.25, 0.3) is 0 Å². The number of carbonyl (C=O) groups is 1. The second-order valence-corrected chi connectivity index (χ2v) is 4.27. The van der Waals surface area contributed by atoms with Crippen LogP contribution >= 0.6 is 23.7 Å². The van der Waals surface area contributed by atoms with Crippen molar-refractivity contribution in [2.24, 2.45) is 12.0 Å². The Bertz CT molecular complexity index is 392. The van der Waals surface area contributed by atoms with Crippen LogP contribution < -0.4 is 10.1 Å². The molecule has 0 radical (unpaired) electrons. The van der Waals surface area contributed by atoms with E-state index in [0.29, 0.717) is 0 Å². The Hall–Kier alpha value is -0.650. The Balaban J connectivity index is 0.00000112. The smallest absolute Gasteiger partial charge is 0.265 e. The Labute approximate surface area is 98.4 Å². The summed E-state index contributed by atoms with van der Waals surface area (Å²) < 4.78 is 1.86. The summed E-state index contributed by atoms with van der Waals surface area (Å²) in [5, 5.41) is 5.07. The van der Waals surface area contributed by atoms with Gasteiger partial charge in [0, 0.05) is 18.6 Å². The summed E-state index contributed by atoms with van der Waals surface area (Å²) >= 11 is 1.48. The van der Waals surface area contributed by atoms with Gasteiger partial charge in [0.1, 0.15) is 0 Å². The van der Waals surface area contributed by atoms with Crippen molar-refractivity contribution >= 4 is 29.7 Å². The van der Waals surface area contributed by atoms with Crippen molar-refractivity contribution in [3.63, 3.8) is 0 Å². The fourth-order valence-corrected chi connectivity index (χ4v) is 2.24. The van der Waals surface area contributed by atoms with Crippen molar-refractivity contribution in [2.75, 3.05) is 6.54 Å². The van der Waals surface area contributed by atoms with E-state index in [1.807, 2.05) is 23.2 Å². The van der Waals surface area contributed by atoms with Gasteiger partial charge in [-0.05, 0) is 19.4 Å². The number of thiazole rings is 1. The van der Waals surface area contributed by atoms with Gasteiger partial charge < -0.3 is 9.88 Å². The average molecular weight is 248 g/mol. The number of hydrogen-bond acceptors (Lipinski definition) is 3. The van der Waals surface area contributed by atoms with Crippen molar-refractivity contribution in [1.29, 1.82) is 0 Å². The van der Waals surface area contributed by atoms with E-state index < -0.39 is 0 Å². The molecular weight excluding hydrogens is 234 g/mol. The Morgan fingerprint density at radius 2 is 2.53 bits per heavy atom. The van der Waals surface area contributed by atoms with Crippen molar-refractivity contribution in [1.82, 2.24) is 9.88 Å². The van der Waals surface area contributed by atoms with Crippen LogP contribution in [0.1, 0.15) is 12.8 Å². The Kier molecular flexibility index (Phi) is 4.50. The largest absolute Gasteiger partial charge is 0.327 e. The minimum absolute atomic E-state index is 0. The molecule has 1 atom stereocenters. The molecule has 1 aromatic heterocycles. The van der Waals surface area contributed by atoms with Gasteiger partial charge in [-0.2, -0.15) is 4.99 Å². The van der Waals surface area contributed by atoms with Gasteiger partial charge >= 0.3 is 0 Å². The van der Waals surface area contributed by atoms with Crippen LogP contribution in [-0.2, 0) is 11.8 Å². The number of carbonyl (C=O) groups excluding carboxylic acids is 1. The molecule has 1 aliphatic heterocycles. The average Bonchev–Trinajstić information content (AvgIpc) is 2.77. The second kappa shape index (κ2) is 5.44. The maximum Gasteiger partial charge on any atom is 0.265 e. The maximum absolute atomic E-state index is 11.6. The molecule has 0 aliphatic carbocycles. The molecule has 15 heavy (non-hydrogen) atoms. The summed E-state index contributed by atoms with van der Waals surface area (Å²) in [6.07, 6.45) is 3.89. The molecule has 0 bridgehead atoms. The van der Waals surface area contributed by atoms with Crippen molar-refractivity contribution in [2.45, 2.75) is 18.9 Å². The van der Waals surface area contributed by atoms with Crippen molar-refractivity contribution in [3.05, 3.63) is 16.4 Å². The molecule has 1 fully saturated rings. The highest BCUT2D eigenvalue weighted by atomic mass is 35.5. The Morgan fingerprint density at radius 3 is 3.07 bits per heavy atom. The number of nitrogens with one attached hydrogen (secondary N) is 1. The predicted molar refractivity (Wildman–Crippen MR) is 62.1 cm³/mol. The molecule has 6 heteroatoms. The minimum atomic E-state index is -0.0582. The number of rotatable bonds is 1. The predicted octanol–water partition coefficient (Wildman–Crippen LogP) is 0.688. The first kappa shape index (κ1) is 12.4. The van der Waals surface area contributed by atoms with Crippen LogP contribution in [-0.4, -0.2) is 23.1 Å². The molecule has 1 aliphatic rings. The molecule has 0 aromatic carbocycles. The molecule has 1 unspecified atom stereocenters. The number of aryl methyl sites for hydroxylation is 1. The molecule has 84 valence electrons. The lowest BCUT2D eigenvalue weighted by atomic mass is 10.2. The van der Waals surface area contributed by atoms with E-state index in [0.717, 1.165) is 24.2 Å². The molecule has 1 aromatic rings. The summed E-state index contributed by atoms with van der Waals surface area (Å²) in [5.74, 6) is -0.0412. The fourth-order valence-electron chi connectivity index (χ4n) is 1.50. The first-order valence-electron chi connectivity index (χ1n) is 4.69. The maximum atomic E-state index is 11.6. The highest BCUT2D eigenvalue weighted by Gasteiger charge is 2.21. The lowest BCUT2D eigenvalue weighted by molar-refractivity contribution is -0.119. The third kappa shape index (κ3) is 2.90. The molecule has 1 saturated heterocycles. The van der Waals surface area contributed by atoms with Crippen LogP contribution in [0.15, 0.2) is 16.6 Å². The van der Waals surface area contributed by atoms with Gasteiger partial charge in [0.05, 0.1) is 6.04 Å². The summed E-state index contributed by atoms with van der Waals surface area (Å²) in [4.78, 5) is 16.5. The zero-order valence-electron chi connectivity index (χ0n) is 8.47. The van der Waals surface area contributed by atoms with E-state index in [1.165, 1.54) is 11.3 Å². The van der Waals surface area contributed by atoms with Gasteiger partial charge in [-0.25, -0.2) is 0 Å². The van der Waals surface area contributed by atoms with Gasteiger partial charge in [-0.1, -0.05) is 0 Å². The van der Waals surface area contributed by atoms with Crippen LogP contribution in [0.3, 0.4) is 0 Å². The normalized spacial score (nSPS) is 21.4. The summed E-state index contributed by atoms with van der Waals surface area (Å²) in [6, 6.07) is -0.0582. The van der Waals surface area contributed by atoms with Crippen LogP contribution in [0.4, 0.5) is 0 Å². The first-order valence-corrected chi connectivity index (χ1v) is 5.57. The molecule has 2 heterocycles. The SMILES string of the molecule is Cl.Cn1ccsc1=NC(=O)C1CCCN1. The van der Waals surface area contributed by atoms with Gasteiger partial charge in [0.2, 0.25) is 0 Å². The molecule has 0 spiro atoms. The zero-order valence-corrected chi connectivity index (χ0v) is 10.1. The number of hydrogen-bond donors (Lipinski definition) is 1. The van der Waals surface area contributed by atoms with Crippen LogP contribution in [0.2, 0.25) is 0 Å². The number of halogens is 1. The summed E-state index contributed by atoms with van der Waals surface area (Å²) in [7, 11) is 1.89. The van der Waals surface area contributed by atoms with Gasteiger partial charge in [-0.3, -0.25) is 4.79 Å². The van der Waals surface area contributed by atoms with E-state index in [2.05, 4.69) is 10.3 Å². The monoisotopic (exact) mass is 247 g/mol. The van der Waals surface area contributed by atoms with E-state index >= 15 is 0 Å². The Morgan fingerprint density at radius 1 is 1.73 bits per heavy atom. The zero-order chi connectivity index (χ0) is 9.97. The lowest BCUT2D eigenvalue weighted by Crippen LogP contribution is -2.31.